The fraction of sp³-hybridized carbons (Fsp3) is 0.571. The molecule has 0 saturated carbocycles. The second kappa shape index (κ2) is 6.41. The molecule has 1 atom stereocenters. The summed E-state index contributed by atoms with van der Waals surface area (Å²) in [5.41, 5.74) is 14.6. The number of rotatable bonds is 6. The molecule has 16 heavy (non-hydrogen) atoms. The molecule has 1 aromatic carbocycles. The van der Waals surface area contributed by atoms with E-state index in [4.69, 9.17) is 11.5 Å². The molecule has 0 heterocycles. The maximum Gasteiger partial charge on any atom is 0.0350 e. The predicted octanol–water partition coefficient (Wildman–Crippen LogP) is 3.92. The van der Waals surface area contributed by atoms with E-state index in [9.17, 15) is 0 Å². The zero-order valence-electron chi connectivity index (χ0n) is 10.5. The van der Waals surface area contributed by atoms with Gasteiger partial charge in [0, 0.05) is 11.4 Å². The normalized spacial score (nSPS) is 12.6. The molecule has 0 aromatic heterocycles. The van der Waals surface area contributed by atoms with Crippen LogP contribution >= 0.6 is 0 Å². The standard InChI is InChI=1S/C14H24N2/c1-3-4-5-6-7-11(2)13-10-12(15)8-9-14(13)16/h8-11H,3-7,15-16H2,1-2H3/t11-/m0/s1. The van der Waals surface area contributed by atoms with Gasteiger partial charge in [0.2, 0.25) is 0 Å². The zero-order chi connectivity index (χ0) is 12.0. The van der Waals surface area contributed by atoms with Crippen LogP contribution in [-0.4, -0.2) is 0 Å². The van der Waals surface area contributed by atoms with Gasteiger partial charge in [-0.3, -0.25) is 0 Å². The quantitative estimate of drug-likeness (QED) is 0.564. The molecule has 0 amide bonds. The summed E-state index contributed by atoms with van der Waals surface area (Å²) in [5.74, 6) is 0.514. The molecule has 0 aliphatic carbocycles. The van der Waals surface area contributed by atoms with E-state index < -0.39 is 0 Å². The summed E-state index contributed by atoms with van der Waals surface area (Å²) in [5, 5.41) is 0. The Morgan fingerprint density at radius 2 is 1.88 bits per heavy atom. The number of unbranched alkanes of at least 4 members (excludes halogenated alkanes) is 3. The lowest BCUT2D eigenvalue weighted by molar-refractivity contribution is 0.581. The second-order valence-corrected chi connectivity index (χ2v) is 4.64. The molecule has 0 saturated heterocycles. The molecule has 0 bridgehead atoms. The molecule has 0 radical (unpaired) electrons. The van der Waals surface area contributed by atoms with Crippen molar-refractivity contribution in [2.24, 2.45) is 0 Å². The average Bonchev–Trinajstić information content (AvgIpc) is 2.27. The highest BCUT2D eigenvalue weighted by Gasteiger charge is 2.09. The Bertz CT molecular complexity index is 321. The number of hydrogen-bond donors (Lipinski definition) is 2. The van der Waals surface area contributed by atoms with Crippen LogP contribution in [0.3, 0.4) is 0 Å². The molecular weight excluding hydrogens is 196 g/mol. The van der Waals surface area contributed by atoms with Crippen molar-refractivity contribution >= 4 is 11.4 Å². The first-order chi connectivity index (χ1) is 7.65. The van der Waals surface area contributed by atoms with Crippen molar-refractivity contribution in [3.8, 4) is 0 Å². The highest BCUT2D eigenvalue weighted by atomic mass is 14.6. The average molecular weight is 220 g/mol. The van der Waals surface area contributed by atoms with Crippen molar-refractivity contribution < 1.29 is 0 Å². The zero-order valence-corrected chi connectivity index (χ0v) is 10.5. The first-order valence-electron chi connectivity index (χ1n) is 6.30. The van der Waals surface area contributed by atoms with Crippen LogP contribution in [0.1, 0.15) is 57.4 Å². The molecule has 4 N–H and O–H groups in total. The summed E-state index contributed by atoms with van der Waals surface area (Å²) in [4.78, 5) is 0. The number of nitrogen functional groups attached to an aromatic ring is 2. The van der Waals surface area contributed by atoms with Gasteiger partial charge in [0.05, 0.1) is 0 Å². The fourth-order valence-electron chi connectivity index (χ4n) is 2.05. The van der Waals surface area contributed by atoms with E-state index in [0.29, 0.717) is 5.92 Å². The van der Waals surface area contributed by atoms with Crippen LogP contribution in [0.25, 0.3) is 0 Å². The Morgan fingerprint density at radius 1 is 1.12 bits per heavy atom. The van der Waals surface area contributed by atoms with Crippen molar-refractivity contribution in [3.63, 3.8) is 0 Å². The molecule has 0 unspecified atom stereocenters. The van der Waals surface area contributed by atoms with E-state index in [1.807, 2.05) is 18.2 Å². The lowest BCUT2D eigenvalue weighted by atomic mass is 9.93. The van der Waals surface area contributed by atoms with E-state index in [2.05, 4.69) is 13.8 Å². The van der Waals surface area contributed by atoms with E-state index in [1.165, 1.54) is 37.7 Å². The minimum atomic E-state index is 0.514. The van der Waals surface area contributed by atoms with Crippen molar-refractivity contribution in [2.45, 2.75) is 51.9 Å². The lowest BCUT2D eigenvalue weighted by Gasteiger charge is -2.14. The Balaban J connectivity index is 2.51. The summed E-state index contributed by atoms with van der Waals surface area (Å²) >= 11 is 0. The van der Waals surface area contributed by atoms with Crippen LogP contribution in [0.5, 0.6) is 0 Å². The molecule has 0 fully saturated rings. The first kappa shape index (κ1) is 12.9. The van der Waals surface area contributed by atoms with Crippen molar-refractivity contribution in [1.82, 2.24) is 0 Å². The van der Waals surface area contributed by atoms with Crippen molar-refractivity contribution in [3.05, 3.63) is 23.8 Å². The van der Waals surface area contributed by atoms with E-state index in [-0.39, 0.29) is 0 Å². The molecule has 0 aliphatic rings. The van der Waals surface area contributed by atoms with Gasteiger partial charge in [-0.1, -0.05) is 39.5 Å². The van der Waals surface area contributed by atoms with E-state index in [1.54, 1.807) is 0 Å². The maximum atomic E-state index is 5.97. The molecule has 2 heteroatoms. The largest absolute Gasteiger partial charge is 0.399 e. The van der Waals surface area contributed by atoms with Crippen LogP contribution < -0.4 is 11.5 Å². The number of nitrogens with two attached hydrogens (primary N) is 2. The summed E-state index contributed by atoms with van der Waals surface area (Å²) in [6, 6.07) is 5.79. The van der Waals surface area contributed by atoms with Gasteiger partial charge in [-0.2, -0.15) is 0 Å². The van der Waals surface area contributed by atoms with Crippen molar-refractivity contribution in [2.75, 3.05) is 11.5 Å². The fourth-order valence-corrected chi connectivity index (χ4v) is 2.05. The Hall–Kier alpha value is -1.18. The van der Waals surface area contributed by atoms with Crippen LogP contribution in [0.4, 0.5) is 11.4 Å². The molecule has 0 spiro atoms. The van der Waals surface area contributed by atoms with Crippen molar-refractivity contribution in [1.29, 1.82) is 0 Å². The van der Waals surface area contributed by atoms with Gasteiger partial charge >= 0.3 is 0 Å². The van der Waals surface area contributed by atoms with Gasteiger partial charge in [-0.25, -0.2) is 0 Å². The van der Waals surface area contributed by atoms with Gasteiger partial charge in [-0.05, 0) is 36.1 Å². The predicted molar refractivity (Wildman–Crippen MR) is 72.4 cm³/mol. The maximum absolute atomic E-state index is 5.97. The molecule has 0 aliphatic heterocycles. The molecule has 1 aromatic rings. The summed E-state index contributed by atoms with van der Waals surface area (Å²) in [6.07, 6.45) is 6.42. The summed E-state index contributed by atoms with van der Waals surface area (Å²) < 4.78 is 0. The third kappa shape index (κ3) is 3.76. The van der Waals surface area contributed by atoms with Crippen LogP contribution in [-0.2, 0) is 0 Å². The van der Waals surface area contributed by atoms with Gasteiger partial charge in [0.1, 0.15) is 0 Å². The highest BCUT2D eigenvalue weighted by Crippen LogP contribution is 2.28. The third-order valence-electron chi connectivity index (χ3n) is 3.13. The third-order valence-corrected chi connectivity index (χ3v) is 3.13. The second-order valence-electron chi connectivity index (χ2n) is 4.64. The number of anilines is 2. The topological polar surface area (TPSA) is 52.0 Å². The highest BCUT2D eigenvalue weighted by molar-refractivity contribution is 5.56. The lowest BCUT2D eigenvalue weighted by Crippen LogP contribution is -2.01. The smallest absolute Gasteiger partial charge is 0.0350 e. The van der Waals surface area contributed by atoms with Gasteiger partial charge in [-0.15, -0.1) is 0 Å². The summed E-state index contributed by atoms with van der Waals surface area (Å²) in [7, 11) is 0. The van der Waals surface area contributed by atoms with Gasteiger partial charge in [0.25, 0.3) is 0 Å². The van der Waals surface area contributed by atoms with Gasteiger partial charge < -0.3 is 11.5 Å². The van der Waals surface area contributed by atoms with Crippen LogP contribution in [0, 0.1) is 0 Å². The number of benzene rings is 1. The molecule has 90 valence electrons. The molecular formula is C14H24N2. The van der Waals surface area contributed by atoms with Crippen LogP contribution in [0.15, 0.2) is 18.2 Å². The summed E-state index contributed by atoms with van der Waals surface area (Å²) in [6.45, 7) is 4.47. The number of hydrogen-bond acceptors (Lipinski definition) is 2. The molecule has 2 nitrogen and oxygen atoms in total. The minimum Gasteiger partial charge on any atom is -0.399 e. The minimum absolute atomic E-state index is 0.514. The van der Waals surface area contributed by atoms with Gasteiger partial charge in [0.15, 0.2) is 0 Å². The monoisotopic (exact) mass is 220 g/mol. The molecule has 1 rings (SSSR count). The van der Waals surface area contributed by atoms with E-state index >= 15 is 0 Å². The first-order valence-corrected chi connectivity index (χ1v) is 6.30. The Morgan fingerprint density at radius 3 is 2.56 bits per heavy atom. The Kier molecular flexibility index (Phi) is 5.17. The van der Waals surface area contributed by atoms with E-state index in [0.717, 1.165) is 11.4 Å². The SMILES string of the molecule is CCCCCC[C@H](C)c1cc(N)ccc1N. The van der Waals surface area contributed by atoms with Crippen LogP contribution in [0.2, 0.25) is 0 Å². The Labute approximate surface area is 99.0 Å².